The minimum Gasteiger partial charge on any atom is -0.334 e. The summed E-state index contributed by atoms with van der Waals surface area (Å²) in [5, 5.41) is 10.6. The molecule has 1 aliphatic heterocycles. The van der Waals surface area contributed by atoms with Gasteiger partial charge in [-0.25, -0.2) is 0 Å². The first-order valence-corrected chi connectivity index (χ1v) is 9.67. The van der Waals surface area contributed by atoms with Crippen molar-refractivity contribution in [2.45, 2.75) is 39.2 Å². The summed E-state index contributed by atoms with van der Waals surface area (Å²) in [7, 11) is 1.68. The minimum absolute atomic E-state index is 0.00202. The van der Waals surface area contributed by atoms with Crippen LogP contribution in [0.15, 0.2) is 30.6 Å². The summed E-state index contributed by atoms with van der Waals surface area (Å²) in [5.74, 6) is -0.277. The highest BCUT2D eigenvalue weighted by atomic mass is 16.2. The predicted octanol–water partition coefficient (Wildman–Crippen LogP) is 1.98. The molecular weight excluding hydrogens is 354 g/mol. The second-order valence-electron chi connectivity index (χ2n) is 7.72. The Morgan fingerprint density at radius 3 is 2.43 bits per heavy atom. The number of anilines is 1. The number of hydrogen-bond acceptors (Lipinski definition) is 4. The van der Waals surface area contributed by atoms with E-state index in [9.17, 15) is 9.59 Å². The lowest BCUT2D eigenvalue weighted by Gasteiger charge is -2.39. The molecule has 1 aromatic heterocycles. The molecule has 0 unspecified atom stereocenters. The Balaban J connectivity index is 1.73. The molecule has 0 bridgehead atoms. The van der Waals surface area contributed by atoms with Crippen molar-refractivity contribution in [1.82, 2.24) is 20.0 Å². The van der Waals surface area contributed by atoms with Crippen LogP contribution in [0, 0.1) is 20.8 Å². The maximum absolute atomic E-state index is 13.3. The van der Waals surface area contributed by atoms with Crippen molar-refractivity contribution in [2.24, 2.45) is 0 Å². The zero-order valence-corrected chi connectivity index (χ0v) is 17.1. The second kappa shape index (κ2) is 8.14. The molecule has 1 fully saturated rings. The molecule has 3 rings (SSSR count). The minimum atomic E-state index is -0.737. The largest absolute Gasteiger partial charge is 0.334 e. The molecule has 1 aliphatic rings. The van der Waals surface area contributed by atoms with Gasteiger partial charge in [0.2, 0.25) is 5.91 Å². The van der Waals surface area contributed by atoms with Crippen LogP contribution in [-0.2, 0) is 15.1 Å². The molecule has 7 heteroatoms. The number of piperidine rings is 1. The third-order valence-corrected chi connectivity index (χ3v) is 5.44. The van der Waals surface area contributed by atoms with E-state index in [4.69, 9.17) is 0 Å². The molecule has 0 radical (unpaired) electrons. The SMILES string of the molecule is Cc1cc(C)c(NC(=O)CN(C)C(=O)C2(n3cccn3)CCNCC2)c(C)c1. The van der Waals surface area contributed by atoms with E-state index in [1.807, 2.05) is 45.2 Å². The van der Waals surface area contributed by atoms with E-state index in [1.54, 1.807) is 17.9 Å². The van der Waals surface area contributed by atoms with Crippen molar-refractivity contribution in [3.05, 3.63) is 47.3 Å². The van der Waals surface area contributed by atoms with Gasteiger partial charge in [-0.05, 0) is 63.9 Å². The first-order valence-electron chi connectivity index (χ1n) is 9.67. The number of benzene rings is 1. The average molecular weight is 383 g/mol. The van der Waals surface area contributed by atoms with Crippen molar-refractivity contribution in [1.29, 1.82) is 0 Å². The quantitative estimate of drug-likeness (QED) is 0.828. The zero-order chi connectivity index (χ0) is 20.3. The number of carbonyl (C=O) groups is 2. The lowest BCUT2D eigenvalue weighted by molar-refractivity contribution is -0.143. The molecule has 1 aromatic carbocycles. The van der Waals surface area contributed by atoms with Gasteiger partial charge in [0.25, 0.3) is 5.91 Å². The molecule has 1 saturated heterocycles. The fraction of sp³-hybridized carbons (Fsp3) is 0.476. The number of aromatic nitrogens is 2. The van der Waals surface area contributed by atoms with E-state index >= 15 is 0 Å². The van der Waals surface area contributed by atoms with Gasteiger partial charge in [0.15, 0.2) is 0 Å². The van der Waals surface area contributed by atoms with Crippen molar-refractivity contribution in [3.63, 3.8) is 0 Å². The molecule has 7 nitrogen and oxygen atoms in total. The lowest BCUT2D eigenvalue weighted by atomic mass is 9.87. The Bertz CT molecular complexity index is 831. The summed E-state index contributed by atoms with van der Waals surface area (Å²) < 4.78 is 1.75. The fourth-order valence-corrected chi connectivity index (χ4v) is 4.10. The standard InChI is InChI=1S/C21H29N5O2/c1-15-12-16(2)19(17(3)13-15)24-18(27)14-25(4)20(28)21(6-9-22-10-7-21)26-11-5-8-23-26/h5,8,11-13,22H,6-7,9-10,14H2,1-4H3,(H,24,27). The van der Waals surface area contributed by atoms with Crippen LogP contribution in [0.3, 0.4) is 0 Å². The Hall–Kier alpha value is -2.67. The van der Waals surface area contributed by atoms with Gasteiger partial charge in [0.1, 0.15) is 5.54 Å². The highest BCUT2D eigenvalue weighted by Crippen LogP contribution is 2.29. The van der Waals surface area contributed by atoms with E-state index in [1.165, 1.54) is 4.90 Å². The number of nitrogens with one attached hydrogen (secondary N) is 2. The van der Waals surface area contributed by atoms with Gasteiger partial charge in [-0.15, -0.1) is 0 Å². The van der Waals surface area contributed by atoms with E-state index in [0.29, 0.717) is 12.8 Å². The topological polar surface area (TPSA) is 79.3 Å². The van der Waals surface area contributed by atoms with Crippen LogP contribution >= 0.6 is 0 Å². The Morgan fingerprint density at radius 1 is 1.21 bits per heavy atom. The van der Waals surface area contributed by atoms with Gasteiger partial charge in [0.05, 0.1) is 6.54 Å². The van der Waals surface area contributed by atoms with Crippen molar-refractivity contribution < 1.29 is 9.59 Å². The van der Waals surface area contributed by atoms with Crippen LogP contribution in [0.1, 0.15) is 29.5 Å². The van der Waals surface area contributed by atoms with E-state index in [-0.39, 0.29) is 18.4 Å². The molecule has 0 spiro atoms. The number of hydrogen-bond donors (Lipinski definition) is 2. The highest BCUT2D eigenvalue weighted by molar-refractivity contribution is 5.96. The number of aryl methyl sites for hydroxylation is 3. The number of carbonyl (C=O) groups excluding carboxylic acids is 2. The van der Waals surface area contributed by atoms with Gasteiger partial charge in [-0.1, -0.05) is 17.7 Å². The van der Waals surface area contributed by atoms with Gasteiger partial charge < -0.3 is 15.5 Å². The fourth-order valence-electron chi connectivity index (χ4n) is 4.10. The zero-order valence-electron chi connectivity index (χ0n) is 17.1. The maximum Gasteiger partial charge on any atom is 0.250 e. The maximum atomic E-state index is 13.3. The molecule has 0 atom stereocenters. The van der Waals surface area contributed by atoms with Crippen molar-refractivity contribution in [3.8, 4) is 0 Å². The smallest absolute Gasteiger partial charge is 0.250 e. The van der Waals surface area contributed by atoms with Crippen LogP contribution in [-0.4, -0.2) is 53.2 Å². The summed E-state index contributed by atoms with van der Waals surface area (Å²) in [6, 6.07) is 5.91. The van der Waals surface area contributed by atoms with Crippen LogP contribution in [0.4, 0.5) is 5.69 Å². The molecule has 150 valence electrons. The van der Waals surface area contributed by atoms with Crippen molar-refractivity contribution >= 4 is 17.5 Å². The lowest BCUT2D eigenvalue weighted by Crippen LogP contribution is -2.55. The normalized spacial score (nSPS) is 15.9. The molecule has 0 aliphatic carbocycles. The predicted molar refractivity (Wildman–Crippen MR) is 109 cm³/mol. The first-order chi connectivity index (χ1) is 13.3. The first kappa shape index (κ1) is 20.1. The number of nitrogens with zero attached hydrogens (tertiary/aromatic N) is 3. The number of rotatable bonds is 5. The van der Waals surface area contributed by atoms with Crippen LogP contribution in [0.2, 0.25) is 0 Å². The highest BCUT2D eigenvalue weighted by Gasteiger charge is 2.43. The van der Waals surface area contributed by atoms with E-state index < -0.39 is 5.54 Å². The van der Waals surface area contributed by atoms with Gasteiger partial charge >= 0.3 is 0 Å². The summed E-state index contributed by atoms with van der Waals surface area (Å²) in [5.41, 5.74) is 3.28. The summed E-state index contributed by atoms with van der Waals surface area (Å²) in [6.45, 7) is 7.48. The monoisotopic (exact) mass is 383 g/mol. The molecule has 2 heterocycles. The second-order valence-corrected chi connectivity index (χ2v) is 7.72. The molecule has 0 saturated carbocycles. The van der Waals surface area contributed by atoms with Gasteiger partial charge in [0, 0.05) is 25.1 Å². The van der Waals surface area contributed by atoms with E-state index in [2.05, 4.69) is 15.7 Å². The molecule has 2 amide bonds. The van der Waals surface area contributed by atoms with E-state index in [0.717, 1.165) is 35.5 Å². The number of amides is 2. The van der Waals surface area contributed by atoms with Crippen molar-refractivity contribution in [2.75, 3.05) is 32.0 Å². The van der Waals surface area contributed by atoms with Gasteiger partial charge in [-0.3, -0.25) is 14.3 Å². The Kier molecular flexibility index (Phi) is 5.84. The van der Waals surface area contributed by atoms with Crippen LogP contribution < -0.4 is 10.6 Å². The molecule has 2 aromatic rings. The van der Waals surface area contributed by atoms with Crippen LogP contribution in [0.5, 0.6) is 0 Å². The third-order valence-electron chi connectivity index (χ3n) is 5.44. The third kappa shape index (κ3) is 3.94. The van der Waals surface area contributed by atoms with Crippen LogP contribution in [0.25, 0.3) is 0 Å². The molecule has 28 heavy (non-hydrogen) atoms. The Labute approximate surface area is 166 Å². The summed E-state index contributed by atoms with van der Waals surface area (Å²) in [6.07, 6.45) is 4.81. The summed E-state index contributed by atoms with van der Waals surface area (Å²) in [4.78, 5) is 27.5. The number of likely N-dealkylation sites (N-methyl/N-ethyl adjacent to an activating group) is 1. The Morgan fingerprint density at radius 2 is 1.86 bits per heavy atom. The molecular formula is C21H29N5O2. The molecule has 2 N–H and O–H groups in total. The average Bonchev–Trinajstić information content (AvgIpc) is 3.20. The van der Waals surface area contributed by atoms with Gasteiger partial charge in [-0.2, -0.15) is 5.10 Å². The summed E-state index contributed by atoms with van der Waals surface area (Å²) >= 11 is 0.